The van der Waals surface area contributed by atoms with E-state index in [1.807, 2.05) is 60.9 Å². The Labute approximate surface area is 244 Å². The molecule has 2 aliphatic rings. The number of benzene rings is 3. The van der Waals surface area contributed by atoms with Crippen molar-refractivity contribution < 1.29 is 24.2 Å². The van der Waals surface area contributed by atoms with Crippen molar-refractivity contribution in [2.75, 3.05) is 31.7 Å². The molecule has 214 valence electrons. The first-order valence-electron chi connectivity index (χ1n) is 13.8. The molecule has 41 heavy (non-hydrogen) atoms. The van der Waals surface area contributed by atoms with Gasteiger partial charge in [0.25, 0.3) is 0 Å². The maximum absolute atomic E-state index is 13.7. The third-order valence-electron chi connectivity index (χ3n) is 7.93. The van der Waals surface area contributed by atoms with E-state index in [9.17, 15) is 19.5 Å². The molecular formula is C32H35N3O5S. The third kappa shape index (κ3) is 6.41. The Balaban J connectivity index is 1.31. The van der Waals surface area contributed by atoms with E-state index in [0.717, 1.165) is 27.8 Å². The zero-order valence-electron chi connectivity index (χ0n) is 23.0. The molecule has 1 aliphatic carbocycles. The summed E-state index contributed by atoms with van der Waals surface area (Å²) in [5.41, 5.74) is 4.23. The Morgan fingerprint density at radius 2 is 1.63 bits per heavy atom. The molecule has 0 aromatic heterocycles. The Kier molecular flexibility index (Phi) is 8.95. The van der Waals surface area contributed by atoms with Gasteiger partial charge in [0.1, 0.15) is 18.2 Å². The van der Waals surface area contributed by atoms with E-state index in [1.165, 1.54) is 11.8 Å². The van der Waals surface area contributed by atoms with E-state index in [1.54, 1.807) is 0 Å². The topological polar surface area (TPSA) is 108 Å². The summed E-state index contributed by atoms with van der Waals surface area (Å²) < 4.78 is 5.78. The monoisotopic (exact) mass is 573 g/mol. The molecule has 5 rings (SSSR count). The number of ether oxygens (including phenoxy) is 1. The second-order valence-electron chi connectivity index (χ2n) is 10.6. The lowest BCUT2D eigenvalue weighted by Gasteiger charge is -2.31. The van der Waals surface area contributed by atoms with E-state index >= 15 is 0 Å². The van der Waals surface area contributed by atoms with Gasteiger partial charge in [-0.25, -0.2) is 9.59 Å². The SMILES string of the molecule is CSCC[C@H](NC(=O)C1(NC(=O)OCC2c3ccccc3-c3ccccc32)CCN(Cc2ccccc2)C1)C(=O)O. The zero-order chi connectivity index (χ0) is 28.8. The van der Waals surface area contributed by atoms with Crippen LogP contribution in [0.1, 0.15) is 35.4 Å². The van der Waals surface area contributed by atoms with Crippen LogP contribution in [0.15, 0.2) is 78.9 Å². The molecule has 3 N–H and O–H groups in total. The average molecular weight is 574 g/mol. The summed E-state index contributed by atoms with van der Waals surface area (Å²) in [5, 5.41) is 15.3. The van der Waals surface area contributed by atoms with Gasteiger partial charge in [-0.2, -0.15) is 11.8 Å². The second kappa shape index (κ2) is 12.8. The fraction of sp³-hybridized carbons (Fsp3) is 0.344. The molecule has 1 heterocycles. The van der Waals surface area contributed by atoms with Crippen molar-refractivity contribution in [1.82, 2.24) is 15.5 Å². The summed E-state index contributed by atoms with van der Waals surface area (Å²) in [6.07, 6.45) is 1.82. The highest BCUT2D eigenvalue weighted by atomic mass is 32.2. The minimum absolute atomic E-state index is 0.112. The first kappa shape index (κ1) is 28.7. The smallest absolute Gasteiger partial charge is 0.408 e. The number of hydrogen-bond donors (Lipinski definition) is 3. The molecule has 9 heteroatoms. The second-order valence-corrected chi connectivity index (χ2v) is 11.6. The van der Waals surface area contributed by atoms with Gasteiger partial charge < -0.3 is 20.5 Å². The van der Waals surface area contributed by atoms with Crippen molar-refractivity contribution in [3.05, 3.63) is 95.6 Å². The van der Waals surface area contributed by atoms with Crippen molar-refractivity contribution in [3.8, 4) is 11.1 Å². The van der Waals surface area contributed by atoms with Crippen LogP contribution in [0.3, 0.4) is 0 Å². The summed E-state index contributed by atoms with van der Waals surface area (Å²) in [5.74, 6) is -1.12. The highest BCUT2D eigenvalue weighted by molar-refractivity contribution is 7.98. The van der Waals surface area contributed by atoms with E-state index < -0.39 is 29.6 Å². The molecule has 3 aromatic rings. The van der Waals surface area contributed by atoms with Gasteiger partial charge in [0.15, 0.2) is 0 Å². The first-order chi connectivity index (χ1) is 19.9. The standard InChI is InChI=1S/C32H35N3O5S/c1-41-18-15-28(29(36)37)33-30(38)32(16-17-35(21-32)19-22-9-3-2-4-10-22)34-31(39)40-20-27-25-13-7-5-11-23(25)24-12-6-8-14-26(24)27/h2-14,27-28H,15-21H2,1H3,(H,33,38)(H,34,39)(H,36,37)/t28-,32?/m0/s1. The normalized spacial score (nSPS) is 18.8. The molecule has 0 bridgehead atoms. The predicted molar refractivity (Wildman–Crippen MR) is 160 cm³/mol. The molecule has 0 saturated carbocycles. The molecule has 1 aliphatic heterocycles. The van der Waals surface area contributed by atoms with E-state index in [-0.39, 0.29) is 25.5 Å². The molecule has 1 unspecified atom stereocenters. The first-order valence-corrected chi connectivity index (χ1v) is 15.2. The van der Waals surface area contributed by atoms with Crippen LogP contribution in [-0.2, 0) is 20.9 Å². The van der Waals surface area contributed by atoms with E-state index in [4.69, 9.17) is 4.74 Å². The van der Waals surface area contributed by atoms with Crippen LogP contribution in [0.5, 0.6) is 0 Å². The number of fused-ring (bicyclic) bond motifs is 3. The lowest BCUT2D eigenvalue weighted by Crippen LogP contribution is -2.62. The number of alkyl carbamates (subject to hydrolysis) is 1. The fourth-order valence-electron chi connectivity index (χ4n) is 5.83. The Hall–Kier alpha value is -3.82. The lowest BCUT2D eigenvalue weighted by molar-refractivity contribution is -0.142. The Morgan fingerprint density at radius 3 is 2.27 bits per heavy atom. The highest BCUT2D eigenvalue weighted by Gasteiger charge is 2.47. The van der Waals surface area contributed by atoms with Crippen LogP contribution in [0, 0.1) is 0 Å². The summed E-state index contributed by atoms with van der Waals surface area (Å²) in [7, 11) is 0. The number of nitrogens with zero attached hydrogens (tertiary/aromatic N) is 1. The number of carboxylic acid groups (broad SMARTS) is 1. The number of aliphatic carboxylic acids is 1. The molecule has 0 spiro atoms. The average Bonchev–Trinajstić information content (AvgIpc) is 3.53. The molecule has 1 saturated heterocycles. The number of nitrogens with one attached hydrogen (secondary N) is 2. The molecule has 0 radical (unpaired) electrons. The molecule has 3 aromatic carbocycles. The maximum Gasteiger partial charge on any atom is 0.408 e. The summed E-state index contributed by atoms with van der Waals surface area (Å²) in [6.45, 7) is 1.54. The third-order valence-corrected chi connectivity index (χ3v) is 8.58. The van der Waals surface area contributed by atoms with Crippen molar-refractivity contribution in [3.63, 3.8) is 0 Å². The van der Waals surface area contributed by atoms with Gasteiger partial charge >= 0.3 is 12.1 Å². The predicted octanol–water partition coefficient (Wildman–Crippen LogP) is 4.49. The Bertz CT molecular complexity index is 1360. The highest BCUT2D eigenvalue weighted by Crippen LogP contribution is 2.44. The largest absolute Gasteiger partial charge is 0.480 e. The quantitative estimate of drug-likeness (QED) is 0.310. The number of thioether (sulfide) groups is 1. The molecule has 8 nitrogen and oxygen atoms in total. The van der Waals surface area contributed by atoms with Crippen LogP contribution in [-0.4, -0.2) is 71.3 Å². The molecule has 2 amide bonds. The molecular weight excluding hydrogens is 538 g/mol. The minimum atomic E-state index is -1.32. The maximum atomic E-state index is 13.7. The lowest BCUT2D eigenvalue weighted by atomic mass is 9.96. The zero-order valence-corrected chi connectivity index (χ0v) is 23.9. The number of carbonyl (C=O) groups is 3. The van der Waals surface area contributed by atoms with Gasteiger partial charge in [-0.05, 0) is 52.7 Å². The van der Waals surface area contributed by atoms with Gasteiger partial charge in [-0.3, -0.25) is 9.69 Å². The van der Waals surface area contributed by atoms with Gasteiger partial charge in [0.05, 0.1) is 0 Å². The number of hydrogen-bond acceptors (Lipinski definition) is 6. The van der Waals surface area contributed by atoms with Gasteiger partial charge in [0.2, 0.25) is 5.91 Å². The van der Waals surface area contributed by atoms with Gasteiger partial charge in [0, 0.05) is 25.6 Å². The van der Waals surface area contributed by atoms with Crippen molar-refractivity contribution in [1.29, 1.82) is 0 Å². The number of amides is 2. The van der Waals surface area contributed by atoms with E-state index in [2.05, 4.69) is 39.8 Å². The van der Waals surface area contributed by atoms with Gasteiger partial charge in [-0.1, -0.05) is 78.9 Å². The van der Waals surface area contributed by atoms with Crippen LogP contribution in [0.25, 0.3) is 11.1 Å². The van der Waals surface area contributed by atoms with Crippen LogP contribution < -0.4 is 10.6 Å². The fourth-order valence-corrected chi connectivity index (χ4v) is 6.30. The van der Waals surface area contributed by atoms with Crippen molar-refractivity contribution in [2.45, 2.75) is 36.9 Å². The van der Waals surface area contributed by atoms with Crippen LogP contribution >= 0.6 is 11.8 Å². The van der Waals surface area contributed by atoms with Gasteiger partial charge in [-0.15, -0.1) is 0 Å². The molecule has 2 atom stereocenters. The van der Waals surface area contributed by atoms with E-state index in [0.29, 0.717) is 25.3 Å². The summed E-state index contributed by atoms with van der Waals surface area (Å²) in [4.78, 5) is 41.0. The number of rotatable bonds is 11. The van der Waals surface area contributed by atoms with Crippen molar-refractivity contribution >= 4 is 29.7 Å². The number of carboxylic acids is 1. The van der Waals surface area contributed by atoms with Crippen molar-refractivity contribution in [2.24, 2.45) is 0 Å². The van der Waals surface area contributed by atoms with Crippen LogP contribution in [0.2, 0.25) is 0 Å². The minimum Gasteiger partial charge on any atom is -0.480 e. The number of carbonyl (C=O) groups excluding carboxylic acids is 2. The van der Waals surface area contributed by atoms with Crippen LogP contribution in [0.4, 0.5) is 4.79 Å². The summed E-state index contributed by atoms with van der Waals surface area (Å²) >= 11 is 1.51. The number of likely N-dealkylation sites (tertiary alicyclic amines) is 1. The molecule has 1 fully saturated rings. The Morgan fingerprint density at radius 1 is 1.00 bits per heavy atom. The summed E-state index contributed by atoms with van der Waals surface area (Å²) in [6, 6.07) is 25.1.